The van der Waals surface area contributed by atoms with Gasteiger partial charge < -0.3 is 10.6 Å². The van der Waals surface area contributed by atoms with E-state index < -0.39 is 0 Å². The molecule has 1 aliphatic carbocycles. The third-order valence-electron chi connectivity index (χ3n) is 5.06. The standard InChI is InChI=1S/C17H26N2/c1-13-12-16(8-7-14(13)9-10-18)19-11-3-5-15-4-2-6-17(15)19/h7-8,12,15,17H,2-6,9-11,18H2,1H3. The van der Waals surface area contributed by atoms with Crippen molar-refractivity contribution in [2.24, 2.45) is 11.7 Å². The molecular formula is C17H26N2. The Morgan fingerprint density at radius 1 is 1.21 bits per heavy atom. The number of piperidine rings is 1. The molecule has 1 aromatic rings. The molecule has 2 heteroatoms. The highest BCUT2D eigenvalue weighted by atomic mass is 15.2. The first-order valence-corrected chi connectivity index (χ1v) is 7.86. The Labute approximate surface area is 117 Å². The van der Waals surface area contributed by atoms with Gasteiger partial charge in [-0.15, -0.1) is 0 Å². The Hall–Kier alpha value is -1.02. The zero-order chi connectivity index (χ0) is 13.2. The van der Waals surface area contributed by atoms with Gasteiger partial charge in [0.1, 0.15) is 0 Å². The maximum Gasteiger partial charge on any atom is 0.0371 e. The van der Waals surface area contributed by atoms with Crippen molar-refractivity contribution in [3.05, 3.63) is 29.3 Å². The summed E-state index contributed by atoms with van der Waals surface area (Å²) in [4.78, 5) is 2.68. The Kier molecular flexibility index (Phi) is 3.79. The molecule has 104 valence electrons. The molecule has 2 atom stereocenters. The predicted molar refractivity (Wildman–Crippen MR) is 81.6 cm³/mol. The van der Waals surface area contributed by atoms with Gasteiger partial charge in [-0.25, -0.2) is 0 Å². The van der Waals surface area contributed by atoms with Crippen molar-refractivity contribution in [1.82, 2.24) is 0 Å². The predicted octanol–water partition coefficient (Wildman–Crippen LogP) is 3.27. The average molecular weight is 258 g/mol. The molecule has 1 heterocycles. The molecule has 0 bridgehead atoms. The summed E-state index contributed by atoms with van der Waals surface area (Å²) in [7, 11) is 0. The first-order chi connectivity index (χ1) is 9.29. The van der Waals surface area contributed by atoms with Crippen LogP contribution in [0.2, 0.25) is 0 Å². The van der Waals surface area contributed by atoms with Gasteiger partial charge in [0.2, 0.25) is 0 Å². The molecule has 1 aliphatic heterocycles. The molecule has 0 radical (unpaired) electrons. The Morgan fingerprint density at radius 3 is 2.84 bits per heavy atom. The van der Waals surface area contributed by atoms with Crippen molar-refractivity contribution in [3.8, 4) is 0 Å². The highest BCUT2D eigenvalue weighted by Crippen LogP contribution is 2.39. The fourth-order valence-corrected chi connectivity index (χ4v) is 4.07. The first-order valence-electron chi connectivity index (χ1n) is 7.86. The molecule has 1 aromatic carbocycles. The zero-order valence-electron chi connectivity index (χ0n) is 12.1. The van der Waals surface area contributed by atoms with Crippen molar-refractivity contribution in [1.29, 1.82) is 0 Å². The number of hydrogen-bond donors (Lipinski definition) is 1. The summed E-state index contributed by atoms with van der Waals surface area (Å²) in [6.07, 6.45) is 8.09. The summed E-state index contributed by atoms with van der Waals surface area (Å²) in [5.74, 6) is 0.956. The van der Waals surface area contributed by atoms with Crippen molar-refractivity contribution in [3.63, 3.8) is 0 Å². The molecule has 1 saturated heterocycles. The second-order valence-electron chi connectivity index (χ2n) is 6.24. The van der Waals surface area contributed by atoms with Gasteiger partial charge in [-0.3, -0.25) is 0 Å². The van der Waals surface area contributed by atoms with Gasteiger partial charge in [-0.05, 0) is 74.8 Å². The number of rotatable bonds is 3. The maximum atomic E-state index is 5.67. The summed E-state index contributed by atoms with van der Waals surface area (Å²) < 4.78 is 0. The molecule has 2 N–H and O–H groups in total. The van der Waals surface area contributed by atoms with Gasteiger partial charge in [0.05, 0.1) is 0 Å². The number of aryl methyl sites for hydroxylation is 1. The van der Waals surface area contributed by atoms with Gasteiger partial charge >= 0.3 is 0 Å². The summed E-state index contributed by atoms with van der Waals surface area (Å²) >= 11 is 0. The van der Waals surface area contributed by atoms with Crippen molar-refractivity contribution in [2.45, 2.75) is 51.5 Å². The first kappa shape index (κ1) is 13.0. The van der Waals surface area contributed by atoms with E-state index in [1.165, 1.54) is 55.5 Å². The van der Waals surface area contributed by atoms with Crippen molar-refractivity contribution >= 4 is 5.69 Å². The highest BCUT2D eigenvalue weighted by Gasteiger charge is 2.34. The van der Waals surface area contributed by atoms with E-state index >= 15 is 0 Å². The van der Waals surface area contributed by atoms with Crippen LogP contribution in [-0.4, -0.2) is 19.1 Å². The summed E-state index contributed by atoms with van der Waals surface area (Å²) in [6, 6.07) is 7.80. The van der Waals surface area contributed by atoms with Crippen molar-refractivity contribution < 1.29 is 0 Å². The summed E-state index contributed by atoms with van der Waals surface area (Å²) in [6.45, 7) is 4.22. The van der Waals surface area contributed by atoms with E-state index in [0.717, 1.165) is 24.9 Å². The van der Waals surface area contributed by atoms with E-state index in [1.54, 1.807) is 0 Å². The van der Waals surface area contributed by atoms with Crippen LogP contribution in [0.25, 0.3) is 0 Å². The van der Waals surface area contributed by atoms with E-state index in [1.807, 2.05) is 0 Å². The number of benzene rings is 1. The Bertz CT molecular complexity index is 441. The molecule has 2 unspecified atom stereocenters. The van der Waals surface area contributed by atoms with Crippen LogP contribution in [0.15, 0.2) is 18.2 Å². The van der Waals surface area contributed by atoms with Crippen LogP contribution in [0.4, 0.5) is 5.69 Å². The van der Waals surface area contributed by atoms with Crippen LogP contribution in [-0.2, 0) is 6.42 Å². The van der Waals surface area contributed by atoms with Crippen LogP contribution in [0, 0.1) is 12.8 Å². The minimum absolute atomic E-state index is 0.745. The van der Waals surface area contributed by atoms with Crippen LogP contribution < -0.4 is 10.6 Å². The molecule has 1 saturated carbocycles. The molecular weight excluding hydrogens is 232 g/mol. The number of fused-ring (bicyclic) bond motifs is 1. The number of nitrogens with zero attached hydrogens (tertiary/aromatic N) is 1. The van der Waals surface area contributed by atoms with E-state index in [9.17, 15) is 0 Å². The smallest absolute Gasteiger partial charge is 0.0371 e. The largest absolute Gasteiger partial charge is 0.368 e. The molecule has 0 amide bonds. The number of anilines is 1. The fraction of sp³-hybridized carbons (Fsp3) is 0.647. The number of nitrogens with two attached hydrogens (primary N) is 1. The minimum Gasteiger partial charge on any atom is -0.368 e. The van der Waals surface area contributed by atoms with Crippen LogP contribution in [0.3, 0.4) is 0 Å². The van der Waals surface area contributed by atoms with E-state index in [4.69, 9.17) is 5.73 Å². The van der Waals surface area contributed by atoms with Gasteiger partial charge in [0, 0.05) is 18.3 Å². The lowest BCUT2D eigenvalue weighted by molar-refractivity contribution is 0.362. The Morgan fingerprint density at radius 2 is 2.05 bits per heavy atom. The van der Waals surface area contributed by atoms with Gasteiger partial charge in [-0.1, -0.05) is 12.5 Å². The van der Waals surface area contributed by atoms with E-state index in [0.29, 0.717) is 0 Å². The van der Waals surface area contributed by atoms with Crippen LogP contribution >= 0.6 is 0 Å². The topological polar surface area (TPSA) is 29.3 Å². The molecule has 19 heavy (non-hydrogen) atoms. The maximum absolute atomic E-state index is 5.67. The third-order valence-corrected chi connectivity index (χ3v) is 5.06. The summed E-state index contributed by atoms with van der Waals surface area (Å²) in [5, 5.41) is 0. The van der Waals surface area contributed by atoms with E-state index in [2.05, 4.69) is 30.0 Å². The molecule has 2 nitrogen and oxygen atoms in total. The molecule has 3 rings (SSSR count). The number of hydrogen-bond acceptors (Lipinski definition) is 2. The molecule has 0 spiro atoms. The Balaban J connectivity index is 1.83. The lowest BCUT2D eigenvalue weighted by Crippen LogP contribution is -2.42. The monoisotopic (exact) mass is 258 g/mol. The fourth-order valence-electron chi connectivity index (χ4n) is 4.07. The molecule has 0 aromatic heterocycles. The summed E-state index contributed by atoms with van der Waals surface area (Å²) in [5.41, 5.74) is 9.92. The quantitative estimate of drug-likeness (QED) is 0.901. The van der Waals surface area contributed by atoms with Gasteiger partial charge in [0.15, 0.2) is 0 Å². The van der Waals surface area contributed by atoms with E-state index in [-0.39, 0.29) is 0 Å². The van der Waals surface area contributed by atoms with Crippen LogP contribution in [0.5, 0.6) is 0 Å². The minimum atomic E-state index is 0.745. The van der Waals surface area contributed by atoms with Gasteiger partial charge in [0.25, 0.3) is 0 Å². The SMILES string of the molecule is Cc1cc(N2CCCC3CCCC32)ccc1CCN. The lowest BCUT2D eigenvalue weighted by atomic mass is 9.91. The normalized spacial score (nSPS) is 26.5. The molecule has 2 aliphatic rings. The lowest BCUT2D eigenvalue weighted by Gasteiger charge is -2.39. The second kappa shape index (κ2) is 5.54. The zero-order valence-corrected chi connectivity index (χ0v) is 12.1. The third kappa shape index (κ3) is 2.51. The second-order valence-corrected chi connectivity index (χ2v) is 6.24. The van der Waals surface area contributed by atoms with Crippen molar-refractivity contribution in [2.75, 3.05) is 18.0 Å². The van der Waals surface area contributed by atoms with Gasteiger partial charge in [-0.2, -0.15) is 0 Å². The molecule has 2 fully saturated rings. The van der Waals surface area contributed by atoms with Crippen LogP contribution in [0.1, 0.15) is 43.2 Å². The highest BCUT2D eigenvalue weighted by molar-refractivity contribution is 5.52. The average Bonchev–Trinajstić information content (AvgIpc) is 2.89.